The van der Waals surface area contributed by atoms with E-state index in [1.807, 2.05) is 11.8 Å². The first-order valence-electron chi connectivity index (χ1n) is 5.77. The van der Waals surface area contributed by atoms with Gasteiger partial charge in [-0.2, -0.15) is 11.8 Å². The Labute approximate surface area is 99.9 Å². The molecule has 2 aliphatic heterocycles. The molecule has 0 aromatic heterocycles. The van der Waals surface area contributed by atoms with Gasteiger partial charge in [-0.25, -0.2) is 0 Å². The summed E-state index contributed by atoms with van der Waals surface area (Å²) in [5.74, 6) is 1.03. The van der Waals surface area contributed by atoms with Crippen molar-refractivity contribution in [2.75, 3.05) is 18.8 Å². The second-order valence-electron chi connectivity index (χ2n) is 4.82. The largest absolute Gasteiger partial charge is 0.355 e. The molecule has 90 valence electrons. The van der Waals surface area contributed by atoms with Crippen LogP contribution in [-0.2, 0) is 9.59 Å². The van der Waals surface area contributed by atoms with Gasteiger partial charge in [0.05, 0.1) is 5.92 Å². The van der Waals surface area contributed by atoms with Gasteiger partial charge in [0.2, 0.25) is 11.8 Å². The Bertz CT molecular complexity index is 300. The molecule has 0 aromatic rings. The molecule has 2 fully saturated rings. The number of hydrogen-bond acceptors (Lipinski definition) is 3. The fourth-order valence-electron chi connectivity index (χ4n) is 2.19. The predicted molar refractivity (Wildman–Crippen MR) is 64.2 cm³/mol. The number of amides is 2. The maximum atomic E-state index is 11.8. The van der Waals surface area contributed by atoms with Crippen molar-refractivity contribution in [1.29, 1.82) is 0 Å². The molecule has 2 heterocycles. The Morgan fingerprint density at radius 2 is 2.50 bits per heavy atom. The molecule has 16 heavy (non-hydrogen) atoms. The Morgan fingerprint density at radius 3 is 3.06 bits per heavy atom. The van der Waals surface area contributed by atoms with Gasteiger partial charge < -0.3 is 10.6 Å². The second kappa shape index (κ2) is 4.65. The van der Waals surface area contributed by atoms with Crippen LogP contribution >= 0.6 is 11.8 Å². The van der Waals surface area contributed by atoms with Crippen LogP contribution in [0.3, 0.4) is 0 Å². The Hall–Kier alpha value is -0.710. The van der Waals surface area contributed by atoms with Crippen molar-refractivity contribution in [2.45, 2.75) is 30.9 Å². The van der Waals surface area contributed by atoms with Crippen LogP contribution in [0, 0.1) is 5.92 Å². The van der Waals surface area contributed by atoms with Crippen LogP contribution < -0.4 is 10.6 Å². The van der Waals surface area contributed by atoms with Gasteiger partial charge in [-0.1, -0.05) is 0 Å². The predicted octanol–water partition coefficient (Wildman–Crippen LogP) is 0.524. The van der Waals surface area contributed by atoms with Crippen molar-refractivity contribution in [1.82, 2.24) is 10.6 Å². The van der Waals surface area contributed by atoms with E-state index in [1.54, 1.807) is 0 Å². The van der Waals surface area contributed by atoms with Gasteiger partial charge in [-0.05, 0) is 25.5 Å². The van der Waals surface area contributed by atoms with E-state index in [0.29, 0.717) is 13.0 Å². The van der Waals surface area contributed by atoms with Crippen molar-refractivity contribution in [3.63, 3.8) is 0 Å². The molecule has 2 rings (SSSR count). The summed E-state index contributed by atoms with van der Waals surface area (Å²) in [7, 11) is 0. The standard InChI is InChI=1S/C11H18N2O2S/c1-11(3-2-4-16-11)7-13-10(15)8-5-9(14)12-6-8/h8H,2-7H2,1H3,(H,12,14)(H,13,15). The molecule has 0 aromatic carbocycles. The van der Waals surface area contributed by atoms with Crippen LogP contribution in [0.15, 0.2) is 0 Å². The summed E-state index contributed by atoms with van der Waals surface area (Å²) in [6, 6.07) is 0. The number of rotatable bonds is 3. The highest BCUT2D eigenvalue weighted by molar-refractivity contribution is 8.00. The molecule has 2 N–H and O–H groups in total. The zero-order valence-corrected chi connectivity index (χ0v) is 10.4. The summed E-state index contributed by atoms with van der Waals surface area (Å²) >= 11 is 1.93. The van der Waals surface area contributed by atoms with Crippen molar-refractivity contribution in [3.05, 3.63) is 0 Å². The van der Waals surface area contributed by atoms with Crippen LogP contribution in [-0.4, -0.2) is 35.4 Å². The lowest BCUT2D eigenvalue weighted by Crippen LogP contribution is -2.40. The molecule has 0 aliphatic carbocycles. The normalized spacial score (nSPS) is 33.8. The summed E-state index contributed by atoms with van der Waals surface area (Å²) in [5, 5.41) is 5.66. The van der Waals surface area contributed by atoms with E-state index in [-0.39, 0.29) is 22.5 Å². The zero-order valence-electron chi connectivity index (χ0n) is 9.54. The van der Waals surface area contributed by atoms with E-state index in [0.717, 1.165) is 6.54 Å². The van der Waals surface area contributed by atoms with E-state index in [4.69, 9.17) is 0 Å². The van der Waals surface area contributed by atoms with Crippen molar-refractivity contribution in [3.8, 4) is 0 Å². The first kappa shape index (κ1) is 11.8. The Morgan fingerprint density at radius 1 is 1.69 bits per heavy atom. The third kappa shape index (κ3) is 2.70. The van der Waals surface area contributed by atoms with E-state index < -0.39 is 0 Å². The lowest BCUT2D eigenvalue weighted by atomic mass is 10.0. The summed E-state index contributed by atoms with van der Waals surface area (Å²) in [5.41, 5.74) is 0. The molecule has 2 aliphatic rings. The van der Waals surface area contributed by atoms with Gasteiger partial charge in [-0.15, -0.1) is 0 Å². The van der Waals surface area contributed by atoms with Crippen LogP contribution in [0.5, 0.6) is 0 Å². The van der Waals surface area contributed by atoms with Crippen LogP contribution in [0.2, 0.25) is 0 Å². The van der Waals surface area contributed by atoms with Crippen LogP contribution in [0.25, 0.3) is 0 Å². The average Bonchev–Trinajstić information content (AvgIpc) is 2.85. The lowest BCUT2D eigenvalue weighted by molar-refractivity contribution is -0.126. The average molecular weight is 242 g/mol. The van der Waals surface area contributed by atoms with Crippen molar-refractivity contribution >= 4 is 23.6 Å². The minimum Gasteiger partial charge on any atom is -0.355 e. The molecule has 5 heteroatoms. The number of hydrogen-bond donors (Lipinski definition) is 2. The summed E-state index contributed by atoms with van der Waals surface area (Å²) in [6.07, 6.45) is 2.75. The summed E-state index contributed by atoms with van der Waals surface area (Å²) < 4.78 is 0.200. The first-order valence-corrected chi connectivity index (χ1v) is 6.76. The first-order chi connectivity index (χ1) is 7.59. The molecule has 0 radical (unpaired) electrons. The number of carbonyl (C=O) groups excluding carboxylic acids is 2. The van der Waals surface area contributed by atoms with E-state index in [1.165, 1.54) is 18.6 Å². The smallest absolute Gasteiger partial charge is 0.225 e. The highest BCUT2D eigenvalue weighted by Crippen LogP contribution is 2.36. The van der Waals surface area contributed by atoms with Crippen molar-refractivity contribution < 1.29 is 9.59 Å². The lowest BCUT2D eigenvalue weighted by Gasteiger charge is -2.23. The Kier molecular flexibility index (Phi) is 3.42. The highest BCUT2D eigenvalue weighted by atomic mass is 32.2. The minimum absolute atomic E-state index is 0.0124. The molecular formula is C11H18N2O2S. The fraction of sp³-hybridized carbons (Fsp3) is 0.818. The molecule has 2 unspecified atom stereocenters. The van der Waals surface area contributed by atoms with Gasteiger partial charge in [0, 0.05) is 24.3 Å². The second-order valence-corrected chi connectivity index (χ2v) is 6.51. The van der Waals surface area contributed by atoms with E-state index >= 15 is 0 Å². The minimum atomic E-state index is -0.164. The van der Waals surface area contributed by atoms with Gasteiger partial charge >= 0.3 is 0 Å². The molecule has 2 saturated heterocycles. The third-order valence-electron chi connectivity index (χ3n) is 3.29. The van der Waals surface area contributed by atoms with Gasteiger partial charge in [0.25, 0.3) is 0 Å². The Balaban J connectivity index is 1.77. The maximum absolute atomic E-state index is 11.8. The quantitative estimate of drug-likeness (QED) is 0.759. The molecule has 0 saturated carbocycles. The van der Waals surface area contributed by atoms with Gasteiger partial charge in [0.15, 0.2) is 0 Å². The van der Waals surface area contributed by atoms with Crippen LogP contribution in [0.1, 0.15) is 26.2 Å². The summed E-state index contributed by atoms with van der Waals surface area (Å²) in [4.78, 5) is 22.8. The van der Waals surface area contributed by atoms with Crippen molar-refractivity contribution in [2.24, 2.45) is 5.92 Å². The molecule has 0 bridgehead atoms. The zero-order chi connectivity index (χ0) is 11.6. The van der Waals surface area contributed by atoms with E-state index in [9.17, 15) is 9.59 Å². The fourth-order valence-corrected chi connectivity index (χ4v) is 3.43. The number of carbonyl (C=O) groups is 2. The van der Waals surface area contributed by atoms with Gasteiger partial charge in [0.1, 0.15) is 0 Å². The van der Waals surface area contributed by atoms with Gasteiger partial charge in [-0.3, -0.25) is 9.59 Å². The molecule has 2 atom stereocenters. The molecule has 0 spiro atoms. The molecular weight excluding hydrogens is 224 g/mol. The topological polar surface area (TPSA) is 58.2 Å². The number of nitrogens with one attached hydrogen (secondary N) is 2. The highest BCUT2D eigenvalue weighted by Gasteiger charge is 2.32. The maximum Gasteiger partial charge on any atom is 0.225 e. The van der Waals surface area contributed by atoms with E-state index in [2.05, 4.69) is 17.6 Å². The molecule has 4 nitrogen and oxygen atoms in total. The third-order valence-corrected chi connectivity index (χ3v) is 4.82. The number of thioether (sulfide) groups is 1. The SMILES string of the molecule is CC1(CNC(=O)C2CNC(=O)C2)CCCS1. The molecule has 2 amide bonds. The monoisotopic (exact) mass is 242 g/mol. The van der Waals surface area contributed by atoms with Crippen LogP contribution in [0.4, 0.5) is 0 Å². The summed E-state index contributed by atoms with van der Waals surface area (Å²) in [6.45, 7) is 3.42.